The third-order valence-corrected chi connectivity index (χ3v) is 10.3. The molecule has 1 aromatic rings. The lowest BCUT2D eigenvalue weighted by Gasteiger charge is -2.38. The van der Waals surface area contributed by atoms with E-state index in [2.05, 4.69) is 33.9 Å². The van der Waals surface area contributed by atoms with Crippen LogP contribution in [0.25, 0.3) is 0 Å². The van der Waals surface area contributed by atoms with Crippen LogP contribution in [0.3, 0.4) is 0 Å². The largest absolute Gasteiger partial charge is 0.414 e. The molecule has 0 saturated carbocycles. The van der Waals surface area contributed by atoms with Crippen molar-refractivity contribution < 1.29 is 17.0 Å². The molecule has 0 aliphatic carbocycles. The summed E-state index contributed by atoms with van der Waals surface area (Å²) < 4.78 is 35.6. The van der Waals surface area contributed by atoms with Gasteiger partial charge in [0, 0.05) is 6.10 Å². The standard InChI is InChI=1S/C17H30O4SSi/c1-14-8-10-16(11-9-14)22(18,19)20-13-12-15(2)21-23(6,7)17(3,4)5/h8-11,15H,12-13H2,1-7H3/t15-/m1/s1. The van der Waals surface area contributed by atoms with Gasteiger partial charge in [0.25, 0.3) is 10.1 Å². The lowest BCUT2D eigenvalue weighted by atomic mass is 10.2. The lowest BCUT2D eigenvalue weighted by molar-refractivity contribution is 0.163. The first-order chi connectivity index (χ1) is 10.3. The molecule has 23 heavy (non-hydrogen) atoms. The van der Waals surface area contributed by atoms with E-state index in [1.807, 2.05) is 13.8 Å². The molecular formula is C17H30O4SSi. The SMILES string of the molecule is Cc1ccc(S(=O)(=O)OCC[C@@H](C)O[Si](C)(C)C(C)(C)C)cc1. The van der Waals surface area contributed by atoms with Crippen LogP contribution in [0.4, 0.5) is 0 Å². The van der Waals surface area contributed by atoms with Gasteiger partial charge in [-0.2, -0.15) is 8.42 Å². The predicted octanol–water partition coefficient (Wildman–Crippen LogP) is 4.50. The zero-order valence-electron chi connectivity index (χ0n) is 15.3. The molecule has 0 spiro atoms. The highest BCUT2D eigenvalue weighted by Gasteiger charge is 2.38. The minimum absolute atomic E-state index is 0.0240. The zero-order chi connectivity index (χ0) is 17.9. The molecule has 1 aromatic carbocycles. The van der Waals surface area contributed by atoms with E-state index in [-0.39, 0.29) is 22.6 Å². The van der Waals surface area contributed by atoms with Gasteiger partial charge in [-0.25, -0.2) is 0 Å². The van der Waals surface area contributed by atoms with Gasteiger partial charge in [0.05, 0.1) is 11.5 Å². The van der Waals surface area contributed by atoms with E-state index in [1.165, 1.54) is 0 Å². The van der Waals surface area contributed by atoms with Crippen molar-refractivity contribution in [3.8, 4) is 0 Å². The monoisotopic (exact) mass is 358 g/mol. The maximum atomic E-state index is 12.1. The summed E-state index contributed by atoms with van der Waals surface area (Å²) in [4.78, 5) is 0.195. The molecule has 0 aliphatic rings. The van der Waals surface area contributed by atoms with E-state index in [1.54, 1.807) is 24.3 Å². The fraction of sp³-hybridized carbons (Fsp3) is 0.647. The fourth-order valence-electron chi connectivity index (χ4n) is 1.84. The number of benzene rings is 1. The second kappa shape index (κ2) is 7.47. The molecule has 0 radical (unpaired) electrons. The summed E-state index contributed by atoms with van der Waals surface area (Å²) in [6, 6.07) is 6.67. The Kier molecular flexibility index (Phi) is 6.61. The third-order valence-electron chi connectivity index (χ3n) is 4.37. The Morgan fingerprint density at radius 3 is 2.13 bits per heavy atom. The third kappa shape index (κ3) is 6.03. The molecule has 0 saturated heterocycles. The summed E-state index contributed by atoms with van der Waals surface area (Å²) in [5.41, 5.74) is 1.01. The van der Waals surface area contributed by atoms with E-state index in [0.29, 0.717) is 6.42 Å². The van der Waals surface area contributed by atoms with Crippen molar-refractivity contribution in [3.63, 3.8) is 0 Å². The van der Waals surface area contributed by atoms with Gasteiger partial charge >= 0.3 is 0 Å². The van der Waals surface area contributed by atoms with Crippen LogP contribution in [0, 0.1) is 6.92 Å². The second-order valence-corrected chi connectivity index (χ2v) is 13.9. The van der Waals surface area contributed by atoms with Crippen molar-refractivity contribution >= 4 is 18.4 Å². The quantitative estimate of drug-likeness (QED) is 0.532. The average Bonchev–Trinajstić information content (AvgIpc) is 2.36. The van der Waals surface area contributed by atoms with E-state index in [9.17, 15) is 8.42 Å². The van der Waals surface area contributed by atoms with Crippen LogP contribution >= 0.6 is 0 Å². The maximum Gasteiger partial charge on any atom is 0.296 e. The normalized spacial score (nSPS) is 14.7. The first-order valence-electron chi connectivity index (χ1n) is 7.99. The Bertz CT molecular complexity index is 600. The van der Waals surface area contributed by atoms with Gasteiger partial charge in [0.2, 0.25) is 0 Å². The smallest absolute Gasteiger partial charge is 0.296 e. The van der Waals surface area contributed by atoms with Crippen molar-refractivity contribution in [3.05, 3.63) is 29.8 Å². The van der Waals surface area contributed by atoms with Crippen molar-refractivity contribution in [2.75, 3.05) is 6.61 Å². The van der Waals surface area contributed by atoms with Crippen LogP contribution in [0.5, 0.6) is 0 Å². The first-order valence-corrected chi connectivity index (χ1v) is 12.3. The Morgan fingerprint density at radius 1 is 1.13 bits per heavy atom. The second-order valence-electron chi connectivity index (χ2n) is 7.57. The highest BCUT2D eigenvalue weighted by atomic mass is 32.2. The molecule has 0 aliphatic heterocycles. The molecule has 6 heteroatoms. The van der Waals surface area contributed by atoms with E-state index in [4.69, 9.17) is 8.61 Å². The summed E-state index contributed by atoms with van der Waals surface area (Å²) in [6.45, 7) is 14.9. The van der Waals surface area contributed by atoms with Gasteiger partial charge < -0.3 is 4.43 Å². The van der Waals surface area contributed by atoms with E-state index in [0.717, 1.165) is 5.56 Å². The lowest BCUT2D eigenvalue weighted by Crippen LogP contribution is -2.43. The highest BCUT2D eigenvalue weighted by molar-refractivity contribution is 7.86. The van der Waals surface area contributed by atoms with Crippen LogP contribution in [0.15, 0.2) is 29.2 Å². The minimum atomic E-state index is -3.69. The van der Waals surface area contributed by atoms with Crippen molar-refractivity contribution in [1.82, 2.24) is 0 Å². The molecule has 0 amide bonds. The van der Waals surface area contributed by atoms with Crippen molar-refractivity contribution in [1.29, 1.82) is 0 Å². The van der Waals surface area contributed by atoms with Gasteiger partial charge in [-0.1, -0.05) is 38.5 Å². The van der Waals surface area contributed by atoms with Gasteiger partial charge in [0.1, 0.15) is 0 Å². The molecule has 0 N–H and O–H groups in total. The molecular weight excluding hydrogens is 328 g/mol. The summed E-state index contributed by atoms with van der Waals surface area (Å²) in [5.74, 6) is 0. The molecule has 0 unspecified atom stereocenters. The molecule has 1 atom stereocenters. The average molecular weight is 359 g/mol. The predicted molar refractivity (Wildman–Crippen MR) is 96.7 cm³/mol. The van der Waals surface area contributed by atoms with Gasteiger partial charge in [-0.05, 0) is 50.5 Å². The van der Waals surface area contributed by atoms with E-state index < -0.39 is 18.4 Å². The van der Waals surface area contributed by atoms with Crippen molar-refractivity contribution in [2.24, 2.45) is 0 Å². The molecule has 0 aromatic heterocycles. The van der Waals surface area contributed by atoms with Crippen molar-refractivity contribution in [2.45, 2.75) is 70.2 Å². The van der Waals surface area contributed by atoms with Crippen LogP contribution in [-0.2, 0) is 18.7 Å². The Balaban J connectivity index is 2.54. The first kappa shape index (κ1) is 20.4. The Labute approximate surface area is 142 Å². The summed E-state index contributed by atoms with van der Waals surface area (Å²) in [7, 11) is -5.53. The molecule has 0 heterocycles. The summed E-state index contributed by atoms with van der Waals surface area (Å²) >= 11 is 0. The number of rotatable bonds is 7. The van der Waals surface area contributed by atoms with Gasteiger partial charge in [0.15, 0.2) is 8.32 Å². The molecule has 0 bridgehead atoms. The van der Waals surface area contributed by atoms with Gasteiger partial charge in [-0.3, -0.25) is 4.18 Å². The molecule has 1 rings (SSSR count). The summed E-state index contributed by atoms with van der Waals surface area (Å²) in [6.07, 6.45) is 0.529. The molecule has 132 valence electrons. The molecule has 4 nitrogen and oxygen atoms in total. The number of hydrogen-bond donors (Lipinski definition) is 0. The zero-order valence-corrected chi connectivity index (χ0v) is 17.2. The van der Waals surface area contributed by atoms with Crippen LogP contribution in [0.1, 0.15) is 39.7 Å². The fourth-order valence-corrected chi connectivity index (χ4v) is 4.23. The number of hydrogen-bond acceptors (Lipinski definition) is 4. The van der Waals surface area contributed by atoms with Crippen LogP contribution < -0.4 is 0 Å². The number of aryl methyl sites for hydroxylation is 1. The van der Waals surface area contributed by atoms with Crippen LogP contribution in [-0.4, -0.2) is 29.4 Å². The summed E-state index contributed by atoms with van der Waals surface area (Å²) in [5, 5.41) is 0.135. The van der Waals surface area contributed by atoms with Crippen LogP contribution in [0.2, 0.25) is 18.1 Å². The van der Waals surface area contributed by atoms with E-state index >= 15 is 0 Å². The topological polar surface area (TPSA) is 52.6 Å². The Morgan fingerprint density at radius 2 is 1.65 bits per heavy atom. The molecule has 0 fully saturated rings. The Hall–Kier alpha value is -0.693. The highest BCUT2D eigenvalue weighted by Crippen LogP contribution is 2.37. The maximum absolute atomic E-state index is 12.1. The van der Waals surface area contributed by atoms with Gasteiger partial charge in [-0.15, -0.1) is 0 Å². The minimum Gasteiger partial charge on any atom is -0.414 e.